The largest absolute Gasteiger partial charge is 0.452 e. The maximum absolute atomic E-state index is 14.5. The van der Waals surface area contributed by atoms with E-state index in [0.29, 0.717) is 5.56 Å². The van der Waals surface area contributed by atoms with Crippen molar-refractivity contribution < 1.29 is 22.7 Å². The zero-order chi connectivity index (χ0) is 22.7. The van der Waals surface area contributed by atoms with Gasteiger partial charge in [0.2, 0.25) is 5.43 Å². The first-order valence-electron chi connectivity index (χ1n) is 9.14. The third-order valence-corrected chi connectivity index (χ3v) is 4.40. The normalized spacial score (nSPS) is 10.6. The Bertz CT molecular complexity index is 1340. The number of aromatic amines is 1. The number of aromatic nitrogens is 3. The lowest BCUT2D eigenvalue weighted by atomic mass is 10.0. The molecule has 0 saturated carbocycles. The average molecular weight is 438 g/mol. The SMILES string of the molecule is O=C(Nc1cc(F)c(Oc2ccnnc2)cc1F)c1c[nH]cc(-c2ccc(F)cc2)c1=O. The lowest BCUT2D eigenvalue weighted by Crippen LogP contribution is -2.23. The molecule has 10 heteroatoms. The quantitative estimate of drug-likeness (QED) is 0.485. The van der Waals surface area contributed by atoms with Gasteiger partial charge in [-0.3, -0.25) is 9.59 Å². The predicted octanol–water partition coefficient (Wildman–Crippen LogP) is 4.29. The molecule has 0 aliphatic carbocycles. The molecule has 32 heavy (non-hydrogen) atoms. The molecule has 2 aromatic carbocycles. The highest BCUT2D eigenvalue weighted by Gasteiger charge is 2.18. The molecular weight excluding hydrogens is 425 g/mol. The van der Waals surface area contributed by atoms with Crippen LogP contribution in [0.5, 0.6) is 11.5 Å². The third-order valence-electron chi connectivity index (χ3n) is 4.40. The molecule has 0 radical (unpaired) electrons. The van der Waals surface area contributed by atoms with Gasteiger partial charge in [-0.2, -0.15) is 10.2 Å². The molecule has 0 unspecified atom stereocenters. The van der Waals surface area contributed by atoms with Crippen LogP contribution in [0.4, 0.5) is 18.9 Å². The summed E-state index contributed by atoms with van der Waals surface area (Å²) in [5.41, 5.74) is -1.00. The number of hydrogen-bond donors (Lipinski definition) is 2. The Kier molecular flexibility index (Phi) is 5.67. The van der Waals surface area contributed by atoms with E-state index >= 15 is 0 Å². The summed E-state index contributed by atoms with van der Waals surface area (Å²) >= 11 is 0. The van der Waals surface area contributed by atoms with Crippen molar-refractivity contribution in [3.63, 3.8) is 0 Å². The van der Waals surface area contributed by atoms with Crippen LogP contribution >= 0.6 is 0 Å². The van der Waals surface area contributed by atoms with E-state index in [1.807, 2.05) is 0 Å². The van der Waals surface area contributed by atoms with Crippen LogP contribution in [0.25, 0.3) is 11.1 Å². The Hall–Kier alpha value is -4.47. The number of pyridine rings is 1. The van der Waals surface area contributed by atoms with E-state index in [-0.39, 0.29) is 16.9 Å². The minimum absolute atomic E-state index is 0.110. The standard InChI is InChI=1S/C22H13F3N4O3/c23-13-3-1-12(2-4-13)15-10-26-11-16(21(15)30)22(31)29-19-7-18(25)20(8-17(19)24)32-14-5-6-27-28-9-14/h1-11H,(H,26,30)(H,29,31). The second-order valence-electron chi connectivity index (χ2n) is 6.52. The lowest BCUT2D eigenvalue weighted by Gasteiger charge is -2.11. The van der Waals surface area contributed by atoms with Crippen molar-refractivity contribution >= 4 is 11.6 Å². The van der Waals surface area contributed by atoms with Gasteiger partial charge in [0, 0.05) is 36.2 Å². The second kappa shape index (κ2) is 8.72. The molecule has 0 saturated heterocycles. The Labute approximate surface area is 178 Å². The number of anilines is 1. The molecule has 2 aromatic heterocycles. The van der Waals surface area contributed by atoms with Gasteiger partial charge < -0.3 is 15.0 Å². The number of carbonyl (C=O) groups is 1. The second-order valence-corrected chi connectivity index (χ2v) is 6.52. The van der Waals surface area contributed by atoms with Crippen molar-refractivity contribution in [2.24, 2.45) is 0 Å². The minimum Gasteiger partial charge on any atom is -0.452 e. The minimum atomic E-state index is -0.983. The fourth-order valence-corrected chi connectivity index (χ4v) is 2.86. The maximum atomic E-state index is 14.5. The molecule has 4 rings (SSSR count). The number of benzene rings is 2. The van der Waals surface area contributed by atoms with Crippen LogP contribution in [0, 0.1) is 17.5 Å². The molecule has 0 aliphatic heterocycles. The molecule has 0 fully saturated rings. The van der Waals surface area contributed by atoms with E-state index in [1.54, 1.807) is 0 Å². The van der Waals surface area contributed by atoms with Gasteiger partial charge in [0.25, 0.3) is 5.91 Å². The first kappa shape index (κ1) is 20.8. The maximum Gasteiger partial charge on any atom is 0.261 e. The van der Waals surface area contributed by atoms with Gasteiger partial charge >= 0.3 is 0 Å². The van der Waals surface area contributed by atoms with Gasteiger partial charge in [0.05, 0.1) is 18.1 Å². The number of hydrogen-bond acceptors (Lipinski definition) is 5. The number of nitrogens with zero attached hydrogens (tertiary/aromatic N) is 2. The molecule has 1 amide bonds. The summed E-state index contributed by atoms with van der Waals surface area (Å²) in [5, 5.41) is 9.29. The summed E-state index contributed by atoms with van der Waals surface area (Å²) in [4.78, 5) is 28.0. The van der Waals surface area contributed by atoms with E-state index < -0.39 is 40.2 Å². The van der Waals surface area contributed by atoms with Crippen LogP contribution < -0.4 is 15.5 Å². The zero-order valence-corrected chi connectivity index (χ0v) is 16.1. The highest BCUT2D eigenvalue weighted by atomic mass is 19.1. The third kappa shape index (κ3) is 4.33. The van der Waals surface area contributed by atoms with Crippen molar-refractivity contribution in [1.82, 2.24) is 15.2 Å². The molecule has 0 aliphatic rings. The number of nitrogens with one attached hydrogen (secondary N) is 2. The van der Waals surface area contributed by atoms with Gasteiger partial charge in [0.1, 0.15) is 17.1 Å². The molecular formula is C22H13F3N4O3. The number of rotatable bonds is 5. The predicted molar refractivity (Wildman–Crippen MR) is 109 cm³/mol. The van der Waals surface area contributed by atoms with Gasteiger partial charge in [-0.1, -0.05) is 12.1 Å². The number of halogens is 3. The smallest absolute Gasteiger partial charge is 0.261 e. The summed E-state index contributed by atoms with van der Waals surface area (Å²) in [6, 6.07) is 8.00. The summed E-state index contributed by atoms with van der Waals surface area (Å²) in [7, 11) is 0. The molecule has 160 valence electrons. The fourth-order valence-electron chi connectivity index (χ4n) is 2.86. The van der Waals surface area contributed by atoms with E-state index in [1.165, 1.54) is 48.9 Å². The average Bonchev–Trinajstić information content (AvgIpc) is 2.78. The van der Waals surface area contributed by atoms with Crippen molar-refractivity contribution in [3.8, 4) is 22.6 Å². The Morgan fingerprint density at radius 3 is 2.47 bits per heavy atom. The van der Waals surface area contributed by atoms with Crippen LogP contribution in [-0.2, 0) is 0 Å². The van der Waals surface area contributed by atoms with E-state index in [9.17, 15) is 22.8 Å². The highest BCUT2D eigenvalue weighted by molar-refractivity contribution is 6.04. The van der Waals surface area contributed by atoms with Crippen LogP contribution in [0.3, 0.4) is 0 Å². The van der Waals surface area contributed by atoms with Gasteiger partial charge in [0.15, 0.2) is 17.4 Å². The summed E-state index contributed by atoms with van der Waals surface area (Å²) in [5.74, 6) is -3.66. The van der Waals surface area contributed by atoms with Crippen molar-refractivity contribution in [3.05, 3.63) is 100 Å². The van der Waals surface area contributed by atoms with Crippen LogP contribution in [0.15, 0.2) is 72.0 Å². The van der Waals surface area contributed by atoms with E-state index in [0.717, 1.165) is 18.3 Å². The van der Waals surface area contributed by atoms with Crippen molar-refractivity contribution in [2.45, 2.75) is 0 Å². The summed E-state index contributed by atoms with van der Waals surface area (Å²) < 4.78 is 47.2. The van der Waals surface area contributed by atoms with Crippen LogP contribution in [0.2, 0.25) is 0 Å². The van der Waals surface area contributed by atoms with Crippen LogP contribution in [0.1, 0.15) is 10.4 Å². The number of amides is 1. The van der Waals surface area contributed by atoms with Gasteiger partial charge in [-0.25, -0.2) is 13.2 Å². The first-order chi connectivity index (χ1) is 15.4. The molecule has 2 N–H and O–H groups in total. The number of ether oxygens (including phenoxy) is 1. The molecule has 2 heterocycles. The Morgan fingerprint density at radius 1 is 0.969 bits per heavy atom. The zero-order valence-electron chi connectivity index (χ0n) is 16.1. The summed E-state index contributed by atoms with van der Waals surface area (Å²) in [6.45, 7) is 0. The Morgan fingerprint density at radius 2 is 1.75 bits per heavy atom. The Balaban J connectivity index is 1.59. The van der Waals surface area contributed by atoms with Gasteiger partial charge in [-0.05, 0) is 17.7 Å². The van der Waals surface area contributed by atoms with E-state index in [4.69, 9.17) is 4.74 Å². The molecule has 7 nitrogen and oxygen atoms in total. The van der Waals surface area contributed by atoms with Gasteiger partial charge in [-0.15, -0.1) is 0 Å². The number of H-pyrrole nitrogens is 1. The fraction of sp³-hybridized carbons (Fsp3) is 0. The number of carbonyl (C=O) groups excluding carboxylic acids is 1. The summed E-state index contributed by atoms with van der Waals surface area (Å²) in [6.07, 6.45) is 5.02. The van der Waals surface area contributed by atoms with Crippen molar-refractivity contribution in [2.75, 3.05) is 5.32 Å². The topological polar surface area (TPSA) is 97.0 Å². The molecule has 0 bridgehead atoms. The molecule has 0 atom stereocenters. The van der Waals surface area contributed by atoms with Crippen LogP contribution in [-0.4, -0.2) is 21.1 Å². The molecule has 0 spiro atoms. The first-order valence-corrected chi connectivity index (χ1v) is 9.14. The monoisotopic (exact) mass is 438 g/mol. The molecule has 4 aromatic rings. The van der Waals surface area contributed by atoms with Crippen molar-refractivity contribution in [1.29, 1.82) is 0 Å². The van der Waals surface area contributed by atoms with E-state index in [2.05, 4.69) is 20.5 Å². The highest BCUT2D eigenvalue weighted by Crippen LogP contribution is 2.29. The lowest BCUT2D eigenvalue weighted by molar-refractivity contribution is 0.102.